The van der Waals surface area contributed by atoms with E-state index < -0.39 is 0 Å². The van der Waals surface area contributed by atoms with Gasteiger partial charge in [-0.3, -0.25) is 4.79 Å². The Hall–Kier alpha value is -0.880. The molecule has 0 atom stereocenters. The zero-order valence-electron chi connectivity index (χ0n) is 7.93. The molecule has 0 fully saturated rings. The first-order chi connectivity index (χ1) is 6.75. The van der Waals surface area contributed by atoms with Gasteiger partial charge in [-0.1, -0.05) is 6.92 Å². The average Bonchev–Trinajstić information content (AvgIpc) is 2.19. The second-order valence-corrected chi connectivity index (χ2v) is 3.47. The minimum Gasteiger partial charge on any atom is -0.368 e. The lowest BCUT2D eigenvalue weighted by Gasteiger charge is -2.06. The Morgan fingerprint density at radius 2 is 2.36 bits per heavy atom. The standard InChI is InChI=1S/C8H13BrN4O/c1-2-10-3-4-11-7-6(9)8(14)13-5-12-7/h5,10H,2-4H2,1H3,(H2,11,12,13,14). The number of nitrogens with one attached hydrogen (secondary N) is 3. The molecule has 78 valence electrons. The highest BCUT2D eigenvalue weighted by Gasteiger charge is 2.02. The molecule has 0 saturated heterocycles. The normalized spacial score (nSPS) is 10.1. The van der Waals surface area contributed by atoms with E-state index in [4.69, 9.17) is 0 Å². The van der Waals surface area contributed by atoms with Gasteiger partial charge in [0.05, 0.1) is 6.33 Å². The summed E-state index contributed by atoms with van der Waals surface area (Å²) in [5.41, 5.74) is -0.175. The lowest BCUT2D eigenvalue weighted by atomic mass is 10.5. The fraction of sp³-hybridized carbons (Fsp3) is 0.500. The maximum absolute atomic E-state index is 11.1. The third kappa shape index (κ3) is 3.12. The van der Waals surface area contributed by atoms with Crippen molar-refractivity contribution in [3.8, 4) is 0 Å². The molecule has 0 saturated carbocycles. The minimum atomic E-state index is -0.175. The lowest BCUT2D eigenvalue weighted by Crippen LogP contribution is -2.23. The van der Waals surface area contributed by atoms with Crippen molar-refractivity contribution in [3.63, 3.8) is 0 Å². The van der Waals surface area contributed by atoms with Crippen molar-refractivity contribution in [3.05, 3.63) is 21.2 Å². The highest BCUT2D eigenvalue weighted by atomic mass is 79.9. The van der Waals surface area contributed by atoms with E-state index in [9.17, 15) is 4.79 Å². The monoisotopic (exact) mass is 260 g/mol. The maximum atomic E-state index is 11.1. The van der Waals surface area contributed by atoms with E-state index in [0.717, 1.165) is 19.6 Å². The van der Waals surface area contributed by atoms with E-state index in [1.165, 1.54) is 6.33 Å². The van der Waals surface area contributed by atoms with Crippen LogP contribution in [0.5, 0.6) is 0 Å². The van der Waals surface area contributed by atoms with Crippen LogP contribution in [0.4, 0.5) is 5.82 Å². The number of H-pyrrole nitrogens is 1. The molecule has 0 spiro atoms. The molecule has 0 radical (unpaired) electrons. The van der Waals surface area contributed by atoms with Crippen molar-refractivity contribution in [2.24, 2.45) is 0 Å². The molecule has 0 aromatic carbocycles. The van der Waals surface area contributed by atoms with Gasteiger partial charge in [-0.25, -0.2) is 4.98 Å². The van der Waals surface area contributed by atoms with E-state index in [2.05, 4.69) is 36.5 Å². The second-order valence-electron chi connectivity index (χ2n) is 2.67. The van der Waals surface area contributed by atoms with E-state index >= 15 is 0 Å². The van der Waals surface area contributed by atoms with Gasteiger partial charge in [-0.15, -0.1) is 0 Å². The predicted octanol–water partition coefficient (Wildman–Crippen LogP) is 0.554. The molecule has 5 nitrogen and oxygen atoms in total. The summed E-state index contributed by atoms with van der Waals surface area (Å²) >= 11 is 3.16. The summed E-state index contributed by atoms with van der Waals surface area (Å²) in [4.78, 5) is 17.6. The van der Waals surface area contributed by atoms with Gasteiger partial charge in [0.25, 0.3) is 5.56 Å². The molecule has 0 amide bonds. The summed E-state index contributed by atoms with van der Waals surface area (Å²) in [6.07, 6.45) is 1.38. The highest BCUT2D eigenvalue weighted by molar-refractivity contribution is 9.10. The van der Waals surface area contributed by atoms with Crippen LogP contribution in [0.15, 0.2) is 15.6 Å². The summed E-state index contributed by atoms with van der Waals surface area (Å²) in [5.74, 6) is 0.576. The van der Waals surface area contributed by atoms with Gasteiger partial charge in [0.2, 0.25) is 0 Å². The average molecular weight is 261 g/mol. The predicted molar refractivity (Wildman–Crippen MR) is 59.6 cm³/mol. The third-order valence-corrected chi connectivity index (χ3v) is 2.38. The largest absolute Gasteiger partial charge is 0.368 e. The molecule has 0 aliphatic carbocycles. The van der Waals surface area contributed by atoms with Gasteiger partial charge in [-0.05, 0) is 22.5 Å². The smallest absolute Gasteiger partial charge is 0.267 e. The van der Waals surface area contributed by atoms with Crippen LogP contribution in [0.1, 0.15) is 6.92 Å². The molecule has 1 aromatic rings. The van der Waals surface area contributed by atoms with Crippen molar-refractivity contribution in [2.75, 3.05) is 25.0 Å². The van der Waals surface area contributed by atoms with Crippen molar-refractivity contribution in [2.45, 2.75) is 6.92 Å². The van der Waals surface area contributed by atoms with E-state index in [1.54, 1.807) is 0 Å². The second kappa shape index (κ2) is 5.77. The van der Waals surface area contributed by atoms with E-state index in [-0.39, 0.29) is 5.56 Å². The Kier molecular flexibility index (Phi) is 4.61. The van der Waals surface area contributed by atoms with Crippen molar-refractivity contribution >= 4 is 21.7 Å². The Morgan fingerprint density at radius 1 is 1.57 bits per heavy atom. The summed E-state index contributed by atoms with van der Waals surface area (Å²) in [6, 6.07) is 0. The van der Waals surface area contributed by atoms with Crippen molar-refractivity contribution in [1.29, 1.82) is 0 Å². The minimum absolute atomic E-state index is 0.175. The van der Waals surface area contributed by atoms with Crippen LogP contribution < -0.4 is 16.2 Å². The quantitative estimate of drug-likeness (QED) is 0.677. The third-order valence-electron chi connectivity index (χ3n) is 1.64. The van der Waals surface area contributed by atoms with Gasteiger partial charge < -0.3 is 15.6 Å². The first kappa shape index (κ1) is 11.2. The molecular weight excluding hydrogens is 248 g/mol. The fourth-order valence-electron chi connectivity index (χ4n) is 0.952. The van der Waals surface area contributed by atoms with Crippen LogP contribution in [0.2, 0.25) is 0 Å². The summed E-state index contributed by atoms with van der Waals surface area (Å²) in [6.45, 7) is 4.56. The lowest BCUT2D eigenvalue weighted by molar-refractivity contribution is 0.737. The van der Waals surface area contributed by atoms with Gasteiger partial charge in [0.15, 0.2) is 0 Å². The molecule has 14 heavy (non-hydrogen) atoms. The van der Waals surface area contributed by atoms with Crippen LogP contribution in [0, 0.1) is 0 Å². The van der Waals surface area contributed by atoms with Crippen LogP contribution in [0.25, 0.3) is 0 Å². The Labute approximate surface area is 90.5 Å². The number of nitrogens with zero attached hydrogens (tertiary/aromatic N) is 1. The Balaban J connectivity index is 2.51. The number of aromatic nitrogens is 2. The molecular formula is C8H13BrN4O. The molecule has 1 rings (SSSR count). The number of anilines is 1. The zero-order chi connectivity index (χ0) is 10.4. The fourth-order valence-corrected chi connectivity index (χ4v) is 1.31. The number of aromatic amines is 1. The van der Waals surface area contributed by atoms with Crippen LogP contribution in [-0.2, 0) is 0 Å². The van der Waals surface area contributed by atoms with Crippen LogP contribution in [-0.4, -0.2) is 29.6 Å². The SMILES string of the molecule is CCNCCNc1nc[nH]c(=O)c1Br. The molecule has 3 N–H and O–H groups in total. The number of halogens is 1. The van der Waals surface area contributed by atoms with Crippen LogP contribution in [0.3, 0.4) is 0 Å². The Bertz CT molecular complexity index is 338. The molecule has 1 heterocycles. The summed E-state index contributed by atoms with van der Waals surface area (Å²) < 4.78 is 0.441. The topological polar surface area (TPSA) is 69.8 Å². The Morgan fingerprint density at radius 3 is 3.07 bits per heavy atom. The van der Waals surface area contributed by atoms with Gasteiger partial charge >= 0.3 is 0 Å². The molecule has 1 aromatic heterocycles. The van der Waals surface area contributed by atoms with E-state index in [1.807, 2.05) is 6.92 Å². The molecule has 0 aliphatic heterocycles. The molecule has 0 unspecified atom stereocenters. The highest BCUT2D eigenvalue weighted by Crippen LogP contribution is 2.11. The zero-order valence-corrected chi connectivity index (χ0v) is 9.52. The number of rotatable bonds is 5. The summed E-state index contributed by atoms with van der Waals surface area (Å²) in [7, 11) is 0. The van der Waals surface area contributed by atoms with Crippen molar-refractivity contribution in [1.82, 2.24) is 15.3 Å². The first-order valence-corrected chi connectivity index (χ1v) is 5.22. The maximum Gasteiger partial charge on any atom is 0.267 e. The van der Waals surface area contributed by atoms with Crippen molar-refractivity contribution < 1.29 is 0 Å². The van der Waals surface area contributed by atoms with E-state index in [0.29, 0.717) is 10.3 Å². The van der Waals surface area contributed by atoms with Gasteiger partial charge in [0.1, 0.15) is 10.3 Å². The van der Waals surface area contributed by atoms with Gasteiger partial charge in [-0.2, -0.15) is 0 Å². The summed E-state index contributed by atoms with van der Waals surface area (Å²) in [5, 5.41) is 6.21. The van der Waals surface area contributed by atoms with Gasteiger partial charge in [0, 0.05) is 13.1 Å². The number of hydrogen-bond acceptors (Lipinski definition) is 4. The first-order valence-electron chi connectivity index (χ1n) is 4.43. The molecule has 0 aliphatic rings. The number of hydrogen-bond donors (Lipinski definition) is 3. The molecule has 0 bridgehead atoms. The molecule has 6 heteroatoms. The van der Waals surface area contributed by atoms with Crippen LogP contribution >= 0.6 is 15.9 Å². The number of likely N-dealkylation sites (N-methyl/N-ethyl adjacent to an activating group) is 1.